The van der Waals surface area contributed by atoms with Crippen molar-refractivity contribution < 1.29 is 8.42 Å². The fourth-order valence-electron chi connectivity index (χ4n) is 1.92. The van der Waals surface area contributed by atoms with Gasteiger partial charge < -0.3 is 5.32 Å². The first-order valence-corrected chi connectivity index (χ1v) is 9.53. The molecule has 1 atom stereocenters. The molecule has 1 aliphatic rings. The summed E-state index contributed by atoms with van der Waals surface area (Å²) < 4.78 is 26.8. The molecular formula is C12H26N2O2S2. The zero-order valence-corrected chi connectivity index (χ0v) is 13.1. The Balaban J connectivity index is 2.28. The van der Waals surface area contributed by atoms with Crippen LogP contribution in [0, 0.1) is 5.92 Å². The fraction of sp³-hybridized carbons (Fsp3) is 1.00. The molecule has 6 heteroatoms. The maximum atomic E-state index is 12.0. The molecule has 0 aliphatic carbocycles. The van der Waals surface area contributed by atoms with Gasteiger partial charge >= 0.3 is 0 Å². The lowest BCUT2D eigenvalue weighted by Gasteiger charge is -2.22. The predicted molar refractivity (Wildman–Crippen MR) is 79.6 cm³/mol. The molecule has 0 aromatic heterocycles. The number of hydrogen-bond donors (Lipinski definition) is 2. The van der Waals surface area contributed by atoms with Crippen molar-refractivity contribution in [3.8, 4) is 0 Å². The lowest BCUT2D eigenvalue weighted by atomic mass is 10.0. The van der Waals surface area contributed by atoms with Crippen LogP contribution < -0.4 is 10.0 Å². The lowest BCUT2D eigenvalue weighted by molar-refractivity contribution is 0.473. The quantitative estimate of drug-likeness (QED) is 0.665. The smallest absolute Gasteiger partial charge is 0.215 e. The van der Waals surface area contributed by atoms with Crippen molar-refractivity contribution in [1.29, 1.82) is 0 Å². The van der Waals surface area contributed by atoms with Gasteiger partial charge in [0, 0.05) is 13.1 Å². The molecule has 0 spiro atoms. The predicted octanol–water partition coefficient (Wildman–Crippen LogP) is 1.44. The molecule has 4 nitrogen and oxygen atoms in total. The minimum atomic E-state index is -3.16. The summed E-state index contributed by atoms with van der Waals surface area (Å²) in [5.74, 6) is 2.86. The van der Waals surface area contributed by atoms with E-state index in [1.165, 1.54) is 11.5 Å². The van der Waals surface area contributed by atoms with Crippen molar-refractivity contribution >= 4 is 21.8 Å². The first-order chi connectivity index (χ1) is 8.56. The van der Waals surface area contributed by atoms with E-state index in [2.05, 4.69) is 17.0 Å². The molecule has 1 rings (SSSR count). The molecule has 0 aromatic rings. The van der Waals surface area contributed by atoms with Gasteiger partial charge in [0.05, 0.1) is 5.25 Å². The molecule has 0 amide bonds. The maximum absolute atomic E-state index is 12.0. The second-order valence-corrected chi connectivity index (χ2v) is 8.37. The first kappa shape index (κ1) is 16.3. The van der Waals surface area contributed by atoms with E-state index in [9.17, 15) is 8.42 Å². The normalized spacial score (nSPS) is 19.9. The number of thioether (sulfide) groups is 1. The largest absolute Gasteiger partial charge is 0.315 e. The Bertz CT molecular complexity index is 314. The monoisotopic (exact) mass is 294 g/mol. The van der Waals surface area contributed by atoms with Crippen LogP contribution >= 0.6 is 11.8 Å². The van der Waals surface area contributed by atoms with E-state index in [-0.39, 0.29) is 5.25 Å². The number of hydrogen-bond acceptors (Lipinski definition) is 4. The van der Waals surface area contributed by atoms with Crippen LogP contribution in [0.15, 0.2) is 0 Å². The molecule has 108 valence electrons. The summed E-state index contributed by atoms with van der Waals surface area (Å²) in [5.41, 5.74) is 0. The molecule has 18 heavy (non-hydrogen) atoms. The van der Waals surface area contributed by atoms with Gasteiger partial charge in [0.25, 0.3) is 0 Å². The molecule has 1 aliphatic heterocycles. The number of sulfonamides is 1. The molecule has 2 N–H and O–H groups in total. The maximum Gasteiger partial charge on any atom is 0.215 e. The topological polar surface area (TPSA) is 58.2 Å². The van der Waals surface area contributed by atoms with E-state index >= 15 is 0 Å². The van der Waals surface area contributed by atoms with Gasteiger partial charge in [-0.2, -0.15) is 11.8 Å². The zero-order chi connectivity index (χ0) is 13.4. The third-order valence-corrected chi connectivity index (χ3v) is 6.15. The van der Waals surface area contributed by atoms with Gasteiger partial charge in [-0.25, -0.2) is 13.1 Å². The molecule has 0 bridgehead atoms. The van der Waals surface area contributed by atoms with Crippen molar-refractivity contribution in [3.05, 3.63) is 0 Å². The Kier molecular flexibility index (Phi) is 7.60. The van der Waals surface area contributed by atoms with Crippen LogP contribution in [0.3, 0.4) is 0 Å². The van der Waals surface area contributed by atoms with Gasteiger partial charge in [-0.15, -0.1) is 0 Å². The Morgan fingerprint density at radius 3 is 2.61 bits per heavy atom. The molecule has 1 unspecified atom stereocenters. The van der Waals surface area contributed by atoms with Crippen LogP contribution in [0.2, 0.25) is 0 Å². The standard InChI is InChI=1S/C12H26N2O2S2/c1-3-6-13-9-11(2)18(15,16)14-10-12-4-7-17-8-5-12/h11-14H,3-10H2,1-2H3. The van der Waals surface area contributed by atoms with Crippen LogP contribution in [-0.4, -0.2) is 44.8 Å². The highest BCUT2D eigenvalue weighted by atomic mass is 32.2. The minimum Gasteiger partial charge on any atom is -0.315 e. The molecule has 0 radical (unpaired) electrons. The Morgan fingerprint density at radius 2 is 2.00 bits per heavy atom. The zero-order valence-electron chi connectivity index (χ0n) is 11.4. The van der Waals surface area contributed by atoms with Crippen molar-refractivity contribution in [1.82, 2.24) is 10.0 Å². The number of rotatable bonds is 8. The highest BCUT2D eigenvalue weighted by Gasteiger charge is 2.22. The summed E-state index contributed by atoms with van der Waals surface area (Å²) in [6.45, 7) is 5.86. The fourth-order valence-corrected chi connectivity index (χ4v) is 4.21. The summed E-state index contributed by atoms with van der Waals surface area (Å²) in [6, 6.07) is 0. The first-order valence-electron chi connectivity index (χ1n) is 6.83. The van der Waals surface area contributed by atoms with E-state index in [1.807, 2.05) is 11.8 Å². The molecule has 1 saturated heterocycles. The number of nitrogens with one attached hydrogen (secondary N) is 2. The average molecular weight is 294 g/mol. The van der Waals surface area contributed by atoms with Crippen molar-refractivity contribution in [3.63, 3.8) is 0 Å². The summed E-state index contributed by atoms with van der Waals surface area (Å²) in [7, 11) is -3.16. The van der Waals surface area contributed by atoms with Gasteiger partial charge in [0.15, 0.2) is 0 Å². The molecule has 0 aromatic carbocycles. The minimum absolute atomic E-state index is 0.359. The Morgan fingerprint density at radius 1 is 1.33 bits per heavy atom. The van der Waals surface area contributed by atoms with Gasteiger partial charge in [0.2, 0.25) is 10.0 Å². The van der Waals surface area contributed by atoms with Crippen molar-refractivity contribution in [2.75, 3.05) is 31.1 Å². The van der Waals surface area contributed by atoms with Crippen LogP contribution in [0.4, 0.5) is 0 Å². The summed E-state index contributed by atoms with van der Waals surface area (Å²) in [4.78, 5) is 0. The summed E-state index contributed by atoms with van der Waals surface area (Å²) in [5, 5.41) is 2.80. The van der Waals surface area contributed by atoms with E-state index < -0.39 is 10.0 Å². The van der Waals surface area contributed by atoms with Crippen molar-refractivity contribution in [2.45, 2.75) is 38.4 Å². The SMILES string of the molecule is CCCNCC(C)S(=O)(=O)NCC1CCSCC1. The third-order valence-electron chi connectivity index (χ3n) is 3.30. The van der Waals surface area contributed by atoms with Gasteiger partial charge in [-0.05, 0) is 50.2 Å². The molecule has 1 heterocycles. The van der Waals surface area contributed by atoms with E-state index in [0.29, 0.717) is 19.0 Å². The molecule has 1 fully saturated rings. The van der Waals surface area contributed by atoms with Gasteiger partial charge in [-0.1, -0.05) is 6.92 Å². The summed E-state index contributed by atoms with van der Waals surface area (Å²) in [6.07, 6.45) is 3.30. The van der Waals surface area contributed by atoms with Crippen LogP contribution in [-0.2, 0) is 10.0 Å². The highest BCUT2D eigenvalue weighted by molar-refractivity contribution is 7.99. The highest BCUT2D eigenvalue weighted by Crippen LogP contribution is 2.22. The van der Waals surface area contributed by atoms with E-state index in [4.69, 9.17) is 0 Å². The Hall–Kier alpha value is 0.220. The van der Waals surface area contributed by atoms with E-state index in [0.717, 1.165) is 25.8 Å². The molecular weight excluding hydrogens is 268 g/mol. The Labute approximate surface area is 116 Å². The second-order valence-electron chi connectivity index (χ2n) is 4.96. The lowest BCUT2D eigenvalue weighted by Crippen LogP contribution is -2.41. The second kappa shape index (κ2) is 8.40. The third kappa shape index (κ3) is 5.91. The van der Waals surface area contributed by atoms with Crippen LogP contribution in [0.25, 0.3) is 0 Å². The average Bonchev–Trinajstić information content (AvgIpc) is 2.38. The van der Waals surface area contributed by atoms with E-state index in [1.54, 1.807) is 6.92 Å². The molecule has 0 saturated carbocycles. The van der Waals surface area contributed by atoms with Gasteiger partial charge in [0.1, 0.15) is 0 Å². The summed E-state index contributed by atoms with van der Waals surface area (Å²) >= 11 is 1.96. The van der Waals surface area contributed by atoms with Crippen molar-refractivity contribution in [2.24, 2.45) is 5.92 Å². The van der Waals surface area contributed by atoms with Crippen LogP contribution in [0.5, 0.6) is 0 Å². The van der Waals surface area contributed by atoms with Gasteiger partial charge in [-0.3, -0.25) is 0 Å². The van der Waals surface area contributed by atoms with Crippen LogP contribution in [0.1, 0.15) is 33.1 Å².